The van der Waals surface area contributed by atoms with Gasteiger partial charge in [0.05, 0.1) is 12.2 Å². The number of benzene rings is 2. The maximum absolute atomic E-state index is 13.2. The number of pyridine rings is 1. The van der Waals surface area contributed by atoms with Crippen LogP contribution in [0.3, 0.4) is 0 Å². The van der Waals surface area contributed by atoms with E-state index in [0.29, 0.717) is 35.1 Å². The average molecular weight is 417 g/mol. The fourth-order valence-corrected chi connectivity index (χ4v) is 3.39. The van der Waals surface area contributed by atoms with Crippen LogP contribution in [0.2, 0.25) is 10.0 Å². The Morgan fingerprint density at radius 2 is 1.82 bits per heavy atom. The van der Waals surface area contributed by atoms with Crippen molar-refractivity contribution >= 4 is 29.1 Å². The summed E-state index contributed by atoms with van der Waals surface area (Å²) in [6.07, 6.45) is 0.564. The van der Waals surface area contributed by atoms with E-state index in [9.17, 15) is 9.18 Å². The Morgan fingerprint density at radius 1 is 1.07 bits per heavy atom. The number of aryl methyl sites for hydroxylation is 1. The Bertz CT molecular complexity index is 977. The van der Waals surface area contributed by atoms with Gasteiger partial charge in [0, 0.05) is 27.8 Å². The number of hydrogen-bond acceptors (Lipinski definition) is 2. The Morgan fingerprint density at radius 3 is 2.50 bits per heavy atom. The van der Waals surface area contributed by atoms with Crippen molar-refractivity contribution in [3.63, 3.8) is 0 Å². The molecule has 0 saturated heterocycles. The normalized spacial score (nSPS) is 10.7. The highest BCUT2D eigenvalue weighted by atomic mass is 35.5. The quantitative estimate of drug-likeness (QED) is 0.514. The number of aromatic nitrogens is 1. The van der Waals surface area contributed by atoms with E-state index in [1.807, 2.05) is 31.2 Å². The molecule has 3 rings (SSSR count). The van der Waals surface area contributed by atoms with Crippen molar-refractivity contribution in [2.75, 3.05) is 6.54 Å². The molecule has 1 aromatic heterocycles. The number of amides is 1. The summed E-state index contributed by atoms with van der Waals surface area (Å²) in [4.78, 5) is 19.2. The molecule has 3 aromatic rings. The van der Waals surface area contributed by atoms with Gasteiger partial charge in [0.1, 0.15) is 5.82 Å². The van der Waals surface area contributed by atoms with Crippen LogP contribution >= 0.6 is 23.2 Å². The zero-order chi connectivity index (χ0) is 20.1. The standard InChI is InChI=1S/C22H19Cl2FN2O/c1-15-3-2-4-20(26-15)14-27(22(28)17-6-9-19(25)10-7-17)12-11-16-5-8-18(23)13-21(16)24/h2-10,13H,11-12,14H2,1H3. The van der Waals surface area contributed by atoms with E-state index >= 15 is 0 Å². The maximum Gasteiger partial charge on any atom is 0.254 e. The van der Waals surface area contributed by atoms with Gasteiger partial charge < -0.3 is 4.90 Å². The van der Waals surface area contributed by atoms with Crippen LogP contribution in [-0.4, -0.2) is 22.3 Å². The van der Waals surface area contributed by atoms with E-state index in [0.717, 1.165) is 17.0 Å². The molecule has 0 aliphatic heterocycles. The molecule has 2 aromatic carbocycles. The molecule has 0 spiro atoms. The number of hydrogen-bond donors (Lipinski definition) is 0. The average Bonchev–Trinajstić information content (AvgIpc) is 2.66. The predicted octanol–water partition coefficient (Wildman–Crippen LogP) is 5.72. The van der Waals surface area contributed by atoms with Crippen LogP contribution in [0.25, 0.3) is 0 Å². The van der Waals surface area contributed by atoms with Gasteiger partial charge >= 0.3 is 0 Å². The van der Waals surface area contributed by atoms with Crippen molar-refractivity contribution in [3.8, 4) is 0 Å². The topological polar surface area (TPSA) is 33.2 Å². The minimum atomic E-state index is -0.378. The van der Waals surface area contributed by atoms with Crippen LogP contribution in [0, 0.1) is 12.7 Å². The van der Waals surface area contributed by atoms with Crippen molar-refractivity contribution in [2.45, 2.75) is 19.9 Å². The van der Waals surface area contributed by atoms with Crippen LogP contribution in [0.5, 0.6) is 0 Å². The second-order valence-corrected chi connectivity index (χ2v) is 7.33. The lowest BCUT2D eigenvalue weighted by Crippen LogP contribution is -2.33. The molecule has 0 bridgehead atoms. The lowest BCUT2D eigenvalue weighted by atomic mass is 10.1. The molecule has 0 unspecified atom stereocenters. The van der Waals surface area contributed by atoms with Crippen molar-refractivity contribution in [1.82, 2.24) is 9.88 Å². The van der Waals surface area contributed by atoms with Gasteiger partial charge in [0.25, 0.3) is 5.91 Å². The number of halogens is 3. The molecule has 0 atom stereocenters. The van der Waals surface area contributed by atoms with Gasteiger partial charge in [-0.3, -0.25) is 9.78 Å². The van der Waals surface area contributed by atoms with E-state index < -0.39 is 0 Å². The Kier molecular flexibility index (Phi) is 6.65. The summed E-state index contributed by atoms with van der Waals surface area (Å²) in [5.74, 6) is -0.565. The lowest BCUT2D eigenvalue weighted by molar-refractivity contribution is 0.0743. The van der Waals surface area contributed by atoms with E-state index in [-0.39, 0.29) is 11.7 Å². The highest BCUT2D eigenvalue weighted by Gasteiger charge is 2.17. The van der Waals surface area contributed by atoms with Crippen LogP contribution in [0.15, 0.2) is 60.7 Å². The van der Waals surface area contributed by atoms with Crippen molar-refractivity contribution in [2.24, 2.45) is 0 Å². The Labute approximate surface area is 173 Å². The first-order valence-electron chi connectivity index (χ1n) is 8.83. The molecule has 28 heavy (non-hydrogen) atoms. The van der Waals surface area contributed by atoms with Crippen molar-refractivity contribution < 1.29 is 9.18 Å². The predicted molar refractivity (Wildman–Crippen MR) is 110 cm³/mol. The molecule has 0 N–H and O–H groups in total. The third-order valence-electron chi connectivity index (χ3n) is 4.34. The zero-order valence-corrected chi connectivity index (χ0v) is 16.8. The van der Waals surface area contributed by atoms with Crippen LogP contribution in [0.4, 0.5) is 4.39 Å². The van der Waals surface area contributed by atoms with Gasteiger partial charge in [0.2, 0.25) is 0 Å². The van der Waals surface area contributed by atoms with Gasteiger partial charge in [-0.25, -0.2) is 4.39 Å². The molecule has 1 heterocycles. The molecule has 0 aliphatic carbocycles. The molecule has 0 saturated carbocycles. The highest BCUT2D eigenvalue weighted by Crippen LogP contribution is 2.22. The number of carbonyl (C=O) groups excluding carboxylic acids is 1. The first-order valence-corrected chi connectivity index (χ1v) is 9.59. The smallest absolute Gasteiger partial charge is 0.254 e. The second kappa shape index (κ2) is 9.18. The van der Waals surface area contributed by atoms with Crippen molar-refractivity contribution in [1.29, 1.82) is 0 Å². The fourth-order valence-electron chi connectivity index (χ4n) is 2.89. The summed E-state index contributed by atoms with van der Waals surface area (Å²) in [5.41, 5.74) is 3.00. The van der Waals surface area contributed by atoms with Gasteiger partial charge in [-0.15, -0.1) is 0 Å². The molecule has 0 fully saturated rings. The SMILES string of the molecule is Cc1cccc(CN(CCc2ccc(Cl)cc2Cl)C(=O)c2ccc(F)cc2)n1. The van der Waals surface area contributed by atoms with E-state index in [4.69, 9.17) is 23.2 Å². The molecule has 6 heteroatoms. The van der Waals surface area contributed by atoms with E-state index in [1.54, 1.807) is 17.0 Å². The summed E-state index contributed by atoms with van der Waals surface area (Å²) in [6.45, 7) is 2.69. The van der Waals surface area contributed by atoms with Crippen molar-refractivity contribution in [3.05, 3.63) is 99.0 Å². The summed E-state index contributed by atoms with van der Waals surface area (Å²) in [7, 11) is 0. The summed E-state index contributed by atoms with van der Waals surface area (Å²) in [5, 5.41) is 1.13. The third kappa shape index (κ3) is 5.31. The largest absolute Gasteiger partial charge is 0.332 e. The molecule has 144 valence electrons. The first kappa shape index (κ1) is 20.3. The molecular weight excluding hydrogens is 398 g/mol. The fraction of sp³-hybridized carbons (Fsp3) is 0.182. The Balaban J connectivity index is 1.82. The Hall–Kier alpha value is -2.43. The van der Waals surface area contributed by atoms with Crippen LogP contribution in [0.1, 0.15) is 27.3 Å². The van der Waals surface area contributed by atoms with Gasteiger partial charge in [-0.1, -0.05) is 35.3 Å². The molecule has 1 amide bonds. The maximum atomic E-state index is 13.2. The minimum Gasteiger partial charge on any atom is -0.332 e. The minimum absolute atomic E-state index is 0.187. The molecule has 0 aliphatic rings. The van der Waals surface area contributed by atoms with E-state index in [1.165, 1.54) is 24.3 Å². The number of nitrogens with zero attached hydrogens (tertiary/aromatic N) is 2. The molecular formula is C22H19Cl2FN2O. The second-order valence-electron chi connectivity index (χ2n) is 6.49. The zero-order valence-electron chi connectivity index (χ0n) is 15.3. The summed E-state index contributed by atoms with van der Waals surface area (Å²) in [6, 6.07) is 16.6. The molecule has 3 nitrogen and oxygen atoms in total. The summed E-state index contributed by atoms with van der Waals surface area (Å²) < 4.78 is 13.2. The monoisotopic (exact) mass is 416 g/mol. The summed E-state index contributed by atoms with van der Waals surface area (Å²) >= 11 is 12.2. The van der Waals surface area contributed by atoms with Gasteiger partial charge in [-0.05, 0) is 67.4 Å². The molecule has 0 radical (unpaired) electrons. The van der Waals surface area contributed by atoms with Crippen LogP contribution in [-0.2, 0) is 13.0 Å². The van der Waals surface area contributed by atoms with Crippen LogP contribution < -0.4 is 0 Å². The van der Waals surface area contributed by atoms with E-state index in [2.05, 4.69) is 4.98 Å². The van der Waals surface area contributed by atoms with Gasteiger partial charge in [-0.2, -0.15) is 0 Å². The highest BCUT2D eigenvalue weighted by molar-refractivity contribution is 6.35. The van der Waals surface area contributed by atoms with Gasteiger partial charge in [0.15, 0.2) is 0 Å². The lowest BCUT2D eigenvalue weighted by Gasteiger charge is -2.23. The third-order valence-corrected chi connectivity index (χ3v) is 4.93. The number of rotatable bonds is 6. The first-order chi connectivity index (χ1) is 13.4. The number of carbonyl (C=O) groups is 1.